The number of nitrogens with one attached hydrogen (secondary N) is 1. The van der Waals surface area contributed by atoms with Crippen LogP contribution in [0.3, 0.4) is 0 Å². The Labute approximate surface area is 192 Å². The van der Waals surface area contributed by atoms with Crippen LogP contribution in [0.4, 0.5) is 5.69 Å². The van der Waals surface area contributed by atoms with E-state index in [1.807, 2.05) is 37.4 Å². The van der Waals surface area contributed by atoms with Crippen molar-refractivity contribution in [1.82, 2.24) is 4.90 Å². The van der Waals surface area contributed by atoms with E-state index in [4.69, 9.17) is 0 Å². The van der Waals surface area contributed by atoms with Gasteiger partial charge in [-0.15, -0.1) is 0 Å². The summed E-state index contributed by atoms with van der Waals surface area (Å²) in [5, 5.41) is 2.92. The number of nitrogens with zero attached hydrogens (tertiary/aromatic N) is 1. The highest BCUT2D eigenvalue weighted by Crippen LogP contribution is 2.60. The molecule has 3 fully saturated rings. The van der Waals surface area contributed by atoms with Crippen molar-refractivity contribution in [2.45, 2.75) is 35.5 Å². The molecule has 4 rings (SSSR count). The Kier molecular flexibility index (Phi) is 6.15. The molecule has 2 saturated carbocycles. The standard InChI is InChI=1S/C21H24Br2N2O3S/c1-10-4-3-5-11(8-10)24-19(26)14(6-7-29-2)25-20(27)15-12-9-13(16(15)21(25)28)18(23)17(12)22/h3-5,8,12-18H,6-7,9H2,1-2H3,(H,24,26). The van der Waals surface area contributed by atoms with Crippen molar-refractivity contribution in [3.63, 3.8) is 0 Å². The Morgan fingerprint density at radius 2 is 1.83 bits per heavy atom. The summed E-state index contributed by atoms with van der Waals surface area (Å²) in [6, 6.07) is 6.78. The molecule has 3 amide bonds. The molecule has 0 aromatic heterocycles. The monoisotopic (exact) mass is 542 g/mol. The number of aryl methyl sites for hydroxylation is 1. The smallest absolute Gasteiger partial charge is 0.247 e. The summed E-state index contributed by atoms with van der Waals surface area (Å²) in [5.74, 6) is -0.210. The first-order valence-corrected chi connectivity index (χ1v) is 13.1. The number of fused-ring (bicyclic) bond motifs is 5. The lowest BCUT2D eigenvalue weighted by molar-refractivity contribution is -0.147. The van der Waals surface area contributed by atoms with Gasteiger partial charge in [-0.25, -0.2) is 0 Å². The van der Waals surface area contributed by atoms with E-state index in [-0.39, 0.29) is 51.0 Å². The van der Waals surface area contributed by atoms with Crippen LogP contribution in [0, 0.1) is 30.6 Å². The molecule has 2 aliphatic carbocycles. The number of amides is 3. The van der Waals surface area contributed by atoms with Crippen molar-refractivity contribution >= 4 is 67.0 Å². The zero-order valence-corrected chi connectivity index (χ0v) is 20.3. The number of rotatable bonds is 6. The topological polar surface area (TPSA) is 66.5 Å². The van der Waals surface area contributed by atoms with E-state index in [1.165, 1.54) is 4.90 Å². The Morgan fingerprint density at radius 3 is 2.38 bits per heavy atom. The van der Waals surface area contributed by atoms with Crippen molar-refractivity contribution in [2.75, 3.05) is 17.3 Å². The van der Waals surface area contributed by atoms with Crippen LogP contribution in [0.15, 0.2) is 24.3 Å². The van der Waals surface area contributed by atoms with Crippen LogP contribution in [0.1, 0.15) is 18.4 Å². The normalized spacial score (nSPS) is 33.9. The van der Waals surface area contributed by atoms with Gasteiger partial charge in [0.05, 0.1) is 11.8 Å². The molecule has 0 spiro atoms. The number of alkyl halides is 2. The average Bonchev–Trinajstić information content (AvgIpc) is 3.28. The van der Waals surface area contributed by atoms with Gasteiger partial charge in [0, 0.05) is 15.3 Å². The molecule has 1 heterocycles. The molecular weight excluding hydrogens is 520 g/mol. The summed E-state index contributed by atoms with van der Waals surface area (Å²) < 4.78 is 0. The number of halogens is 2. The van der Waals surface area contributed by atoms with Gasteiger partial charge in [-0.2, -0.15) is 11.8 Å². The lowest BCUT2D eigenvalue weighted by Gasteiger charge is -2.28. The van der Waals surface area contributed by atoms with E-state index < -0.39 is 6.04 Å². The van der Waals surface area contributed by atoms with Crippen LogP contribution in [0.2, 0.25) is 0 Å². The van der Waals surface area contributed by atoms with Crippen molar-refractivity contribution in [3.05, 3.63) is 29.8 Å². The predicted molar refractivity (Wildman–Crippen MR) is 122 cm³/mol. The summed E-state index contributed by atoms with van der Waals surface area (Å²) in [7, 11) is 0. The average molecular weight is 544 g/mol. The molecule has 1 N–H and O–H groups in total. The van der Waals surface area contributed by atoms with Crippen molar-refractivity contribution in [2.24, 2.45) is 23.7 Å². The molecule has 156 valence electrons. The van der Waals surface area contributed by atoms with E-state index in [9.17, 15) is 14.4 Å². The summed E-state index contributed by atoms with van der Waals surface area (Å²) in [6.45, 7) is 1.96. The molecule has 8 heteroatoms. The third-order valence-electron chi connectivity index (χ3n) is 6.52. The lowest BCUT2D eigenvalue weighted by Crippen LogP contribution is -2.48. The Hall–Kier alpha value is -0.860. The highest BCUT2D eigenvalue weighted by Gasteiger charge is 2.67. The number of hydrogen-bond donors (Lipinski definition) is 1. The minimum Gasteiger partial charge on any atom is -0.324 e. The van der Waals surface area contributed by atoms with E-state index >= 15 is 0 Å². The number of anilines is 1. The summed E-state index contributed by atoms with van der Waals surface area (Å²) in [5.41, 5.74) is 1.72. The second-order valence-electron chi connectivity index (χ2n) is 8.21. The molecule has 1 aliphatic heterocycles. The van der Waals surface area contributed by atoms with E-state index in [2.05, 4.69) is 37.2 Å². The minimum atomic E-state index is -0.768. The number of likely N-dealkylation sites (tertiary alicyclic amines) is 1. The third kappa shape index (κ3) is 3.59. The van der Waals surface area contributed by atoms with Gasteiger partial charge in [-0.05, 0) is 61.3 Å². The van der Waals surface area contributed by atoms with Gasteiger partial charge in [0.2, 0.25) is 17.7 Å². The van der Waals surface area contributed by atoms with Crippen molar-refractivity contribution in [3.8, 4) is 0 Å². The molecule has 1 aromatic rings. The van der Waals surface area contributed by atoms with Crippen LogP contribution in [-0.4, -0.2) is 50.3 Å². The van der Waals surface area contributed by atoms with Crippen LogP contribution < -0.4 is 5.32 Å². The Balaban J connectivity index is 1.59. The van der Waals surface area contributed by atoms with Gasteiger partial charge in [-0.3, -0.25) is 19.3 Å². The quantitative estimate of drug-likeness (QED) is 0.437. The lowest BCUT2D eigenvalue weighted by atomic mass is 9.81. The molecule has 0 radical (unpaired) electrons. The first kappa shape index (κ1) is 21.4. The fraction of sp³-hybridized carbons (Fsp3) is 0.571. The maximum Gasteiger partial charge on any atom is 0.247 e. The summed E-state index contributed by atoms with van der Waals surface area (Å²) in [4.78, 5) is 41.5. The molecule has 7 atom stereocenters. The highest BCUT2D eigenvalue weighted by atomic mass is 79.9. The number of benzene rings is 1. The number of hydrogen-bond acceptors (Lipinski definition) is 4. The first-order valence-electron chi connectivity index (χ1n) is 9.86. The minimum absolute atomic E-state index is 0.150. The zero-order valence-electron chi connectivity index (χ0n) is 16.3. The van der Waals surface area contributed by atoms with Gasteiger partial charge in [0.1, 0.15) is 6.04 Å². The number of carbonyl (C=O) groups excluding carboxylic acids is 3. The van der Waals surface area contributed by atoms with Gasteiger partial charge in [0.15, 0.2) is 0 Å². The molecule has 2 bridgehead atoms. The number of thioether (sulfide) groups is 1. The second-order valence-corrected chi connectivity index (χ2v) is 11.3. The Bertz CT molecular complexity index is 819. The van der Waals surface area contributed by atoms with Gasteiger partial charge in [-0.1, -0.05) is 44.0 Å². The SMILES string of the molecule is CSCCC(C(=O)Nc1cccc(C)c1)N1C(=O)C2C3CC(C(Br)C3Br)C2C1=O. The van der Waals surface area contributed by atoms with Crippen LogP contribution in [0.25, 0.3) is 0 Å². The summed E-state index contributed by atoms with van der Waals surface area (Å²) >= 11 is 9.03. The fourth-order valence-electron chi connectivity index (χ4n) is 5.23. The Morgan fingerprint density at radius 1 is 1.21 bits per heavy atom. The first-order chi connectivity index (χ1) is 13.8. The molecule has 7 unspecified atom stereocenters. The molecule has 1 saturated heterocycles. The second kappa shape index (κ2) is 8.35. The van der Waals surface area contributed by atoms with Crippen LogP contribution in [-0.2, 0) is 14.4 Å². The predicted octanol–water partition coefficient (Wildman–Crippen LogP) is 3.83. The molecule has 5 nitrogen and oxygen atoms in total. The van der Waals surface area contributed by atoms with Gasteiger partial charge in [0.25, 0.3) is 0 Å². The summed E-state index contributed by atoms with van der Waals surface area (Å²) in [6.07, 6.45) is 3.31. The highest BCUT2D eigenvalue weighted by molar-refractivity contribution is 9.12. The molecule has 1 aromatic carbocycles. The number of carbonyl (C=O) groups is 3. The van der Waals surface area contributed by atoms with Crippen LogP contribution in [0.5, 0.6) is 0 Å². The largest absolute Gasteiger partial charge is 0.324 e. The fourth-order valence-corrected chi connectivity index (χ4v) is 7.57. The zero-order chi connectivity index (χ0) is 20.9. The van der Waals surface area contributed by atoms with Crippen LogP contribution >= 0.6 is 43.6 Å². The maximum atomic E-state index is 13.3. The van der Waals surface area contributed by atoms with Crippen molar-refractivity contribution in [1.29, 1.82) is 0 Å². The molecule has 3 aliphatic rings. The van der Waals surface area contributed by atoms with E-state index in [0.29, 0.717) is 17.9 Å². The van der Waals surface area contributed by atoms with E-state index in [0.717, 1.165) is 12.0 Å². The molecular formula is C21H24Br2N2O3S. The third-order valence-corrected chi connectivity index (χ3v) is 10.4. The van der Waals surface area contributed by atoms with Crippen molar-refractivity contribution < 1.29 is 14.4 Å². The number of imide groups is 1. The van der Waals surface area contributed by atoms with Gasteiger partial charge < -0.3 is 5.32 Å². The molecule has 29 heavy (non-hydrogen) atoms. The van der Waals surface area contributed by atoms with E-state index in [1.54, 1.807) is 11.8 Å². The maximum absolute atomic E-state index is 13.3. The van der Waals surface area contributed by atoms with Gasteiger partial charge >= 0.3 is 0 Å².